The molecule has 9 N–H and O–H groups in total. The maximum absolute atomic E-state index is 13.1. The molecule has 2 heterocycles. The average Bonchev–Trinajstić information content (AvgIpc) is 3.35. The molecular formula is C55H95NO13. The molecule has 0 bridgehead atoms. The Hall–Kier alpha value is -2.57. The molecule has 14 nitrogen and oxygen atoms in total. The maximum atomic E-state index is 13.1. The topological polar surface area (TPSA) is 228 Å². The second kappa shape index (κ2) is 41.0. The first-order valence-electron chi connectivity index (χ1n) is 26.7. The number of hydrogen-bond acceptors (Lipinski definition) is 13. The largest absolute Gasteiger partial charge is 0.394 e. The molecule has 14 heteroatoms. The fourth-order valence-electron chi connectivity index (χ4n) is 8.28. The fraction of sp³-hybridized carbons (Fsp3) is 0.764. The molecule has 0 aromatic heterocycles. The number of rotatable bonds is 40. The van der Waals surface area contributed by atoms with E-state index >= 15 is 0 Å². The van der Waals surface area contributed by atoms with Gasteiger partial charge in [0, 0.05) is 6.42 Å². The first-order chi connectivity index (χ1) is 33.6. The second-order valence-electron chi connectivity index (χ2n) is 18.6. The summed E-state index contributed by atoms with van der Waals surface area (Å²) in [5.74, 6) is -0.286. The van der Waals surface area contributed by atoms with E-state index in [-0.39, 0.29) is 18.9 Å². The Morgan fingerprint density at radius 3 is 1.59 bits per heavy atom. The Bertz CT molecular complexity index is 1430. The highest BCUT2D eigenvalue weighted by atomic mass is 16.7. The van der Waals surface area contributed by atoms with Crippen molar-refractivity contribution in [3.63, 3.8) is 0 Å². The van der Waals surface area contributed by atoms with E-state index in [1.807, 2.05) is 6.08 Å². The van der Waals surface area contributed by atoms with Crippen molar-refractivity contribution in [2.24, 2.45) is 0 Å². The third kappa shape index (κ3) is 27.7. The molecule has 2 rings (SSSR count). The van der Waals surface area contributed by atoms with Crippen LogP contribution in [0.5, 0.6) is 0 Å². The summed E-state index contributed by atoms with van der Waals surface area (Å²) in [6.45, 7) is 2.61. The van der Waals surface area contributed by atoms with Crippen LogP contribution in [0.2, 0.25) is 0 Å². The molecule has 2 fully saturated rings. The van der Waals surface area contributed by atoms with Crippen LogP contribution in [0.15, 0.2) is 72.9 Å². The molecule has 0 radical (unpaired) electrons. The number of carbonyl (C=O) groups excluding carboxylic acids is 1. The summed E-state index contributed by atoms with van der Waals surface area (Å²) in [7, 11) is 0. The number of aliphatic hydroxyl groups is 8. The van der Waals surface area contributed by atoms with E-state index in [9.17, 15) is 45.6 Å². The van der Waals surface area contributed by atoms with Crippen LogP contribution < -0.4 is 5.32 Å². The van der Waals surface area contributed by atoms with Crippen molar-refractivity contribution in [2.75, 3.05) is 19.8 Å². The number of hydrogen-bond donors (Lipinski definition) is 9. The Morgan fingerprint density at radius 1 is 0.536 bits per heavy atom. The van der Waals surface area contributed by atoms with Crippen LogP contribution in [-0.2, 0) is 23.7 Å². The summed E-state index contributed by atoms with van der Waals surface area (Å²) in [6, 6.07) is -0.956. The minimum Gasteiger partial charge on any atom is -0.394 e. The number of aliphatic hydroxyl groups excluding tert-OH is 8. The van der Waals surface area contributed by atoms with Gasteiger partial charge in [0.25, 0.3) is 0 Å². The van der Waals surface area contributed by atoms with E-state index < -0.39 is 86.8 Å². The fourth-order valence-corrected chi connectivity index (χ4v) is 8.28. The number of carbonyl (C=O) groups is 1. The number of amides is 1. The molecule has 12 unspecified atom stereocenters. The second-order valence-corrected chi connectivity index (χ2v) is 18.6. The standard InChI is InChI=1S/C55H95NO13/c1-3-5-7-9-11-13-15-17-18-19-20-21-22-23-24-25-27-28-30-32-34-36-38-44(59)43(56-47(60)39-37-35-33-31-29-26-16-14-12-10-8-6-4-2)42-66-54-52(65)50(63)53(46(41-58)68-54)69-55-51(64)49(62)48(61)45(40-57)67-55/h6,8,12,14,23-24,26,28-30,36,38,43-46,48-55,57-59,61-65H,3-5,7,9-11,13,15-22,25,27,31-35,37,39-42H2,1-2H3,(H,56,60)/b8-6-,14-12-,24-23+,29-26-,30-28+,38-36+. The first-order valence-corrected chi connectivity index (χ1v) is 26.7. The van der Waals surface area contributed by atoms with Gasteiger partial charge in [0.15, 0.2) is 12.6 Å². The van der Waals surface area contributed by atoms with Gasteiger partial charge in [-0.1, -0.05) is 164 Å². The van der Waals surface area contributed by atoms with Crippen molar-refractivity contribution < 1.29 is 64.6 Å². The summed E-state index contributed by atoms with van der Waals surface area (Å²) in [4.78, 5) is 13.1. The lowest BCUT2D eigenvalue weighted by Gasteiger charge is -2.46. The lowest BCUT2D eigenvalue weighted by Crippen LogP contribution is -2.65. The van der Waals surface area contributed by atoms with Crippen LogP contribution in [0.4, 0.5) is 0 Å². The van der Waals surface area contributed by atoms with Crippen molar-refractivity contribution in [2.45, 2.75) is 248 Å². The van der Waals surface area contributed by atoms with Crippen LogP contribution in [0, 0.1) is 0 Å². The van der Waals surface area contributed by atoms with Crippen molar-refractivity contribution in [1.82, 2.24) is 5.32 Å². The molecular weight excluding hydrogens is 883 g/mol. The minimum absolute atomic E-state index is 0.231. The van der Waals surface area contributed by atoms with E-state index in [0.717, 1.165) is 64.2 Å². The summed E-state index contributed by atoms with van der Waals surface area (Å²) in [6.07, 6.45) is 35.3. The van der Waals surface area contributed by atoms with E-state index in [4.69, 9.17) is 18.9 Å². The Morgan fingerprint density at radius 2 is 1.01 bits per heavy atom. The lowest BCUT2D eigenvalue weighted by molar-refractivity contribution is -0.359. The van der Waals surface area contributed by atoms with Crippen molar-refractivity contribution in [1.29, 1.82) is 0 Å². The Balaban J connectivity index is 1.85. The Labute approximate surface area is 415 Å². The third-order valence-corrected chi connectivity index (χ3v) is 12.6. The molecule has 2 aliphatic heterocycles. The molecule has 0 aromatic rings. The molecule has 0 saturated carbocycles. The highest BCUT2D eigenvalue weighted by Gasteiger charge is 2.51. The van der Waals surface area contributed by atoms with Gasteiger partial charge in [0.05, 0.1) is 32.0 Å². The van der Waals surface area contributed by atoms with Gasteiger partial charge in [-0.2, -0.15) is 0 Å². The number of allylic oxidation sites excluding steroid dienone is 11. The van der Waals surface area contributed by atoms with Gasteiger partial charge in [0.1, 0.15) is 48.8 Å². The highest BCUT2D eigenvalue weighted by Crippen LogP contribution is 2.30. The van der Waals surface area contributed by atoms with Crippen LogP contribution in [0.25, 0.3) is 0 Å². The molecule has 12 atom stereocenters. The zero-order chi connectivity index (χ0) is 50.3. The monoisotopic (exact) mass is 978 g/mol. The smallest absolute Gasteiger partial charge is 0.220 e. The zero-order valence-corrected chi connectivity index (χ0v) is 42.3. The van der Waals surface area contributed by atoms with Gasteiger partial charge >= 0.3 is 0 Å². The highest BCUT2D eigenvalue weighted by molar-refractivity contribution is 5.76. The minimum atomic E-state index is -1.80. The maximum Gasteiger partial charge on any atom is 0.220 e. The molecule has 398 valence electrons. The Kier molecular flexibility index (Phi) is 37.1. The van der Waals surface area contributed by atoms with Crippen LogP contribution in [-0.4, -0.2) is 140 Å². The normalized spacial score (nSPS) is 26.8. The van der Waals surface area contributed by atoms with Gasteiger partial charge < -0.3 is 65.1 Å². The summed E-state index contributed by atoms with van der Waals surface area (Å²) in [5, 5.41) is 86.7. The van der Waals surface area contributed by atoms with E-state index in [1.165, 1.54) is 77.0 Å². The molecule has 2 saturated heterocycles. The number of ether oxygens (including phenoxy) is 4. The first kappa shape index (κ1) is 62.5. The third-order valence-electron chi connectivity index (χ3n) is 12.6. The van der Waals surface area contributed by atoms with Gasteiger partial charge in [-0.25, -0.2) is 0 Å². The summed E-state index contributed by atoms with van der Waals surface area (Å²) in [5.41, 5.74) is 0. The average molecular weight is 978 g/mol. The lowest BCUT2D eigenvalue weighted by atomic mass is 9.97. The van der Waals surface area contributed by atoms with Crippen molar-refractivity contribution in [3.8, 4) is 0 Å². The van der Waals surface area contributed by atoms with E-state index in [1.54, 1.807) is 6.08 Å². The predicted octanol–water partition coefficient (Wildman–Crippen LogP) is 7.60. The van der Waals surface area contributed by atoms with Crippen molar-refractivity contribution in [3.05, 3.63) is 72.9 Å². The SMILES string of the molecule is CC/C=C\C/C=C\C/C=C\CCCCCC(=O)NC(COC1OC(CO)C(OC2OC(CO)C(O)C(O)C2O)C(O)C1O)C(O)/C=C/CC/C=C/CC/C=C/CCCCCCCCCCCCCC. The van der Waals surface area contributed by atoms with Gasteiger partial charge in [0.2, 0.25) is 5.91 Å². The van der Waals surface area contributed by atoms with Gasteiger partial charge in [-0.3, -0.25) is 4.79 Å². The quantitative estimate of drug-likeness (QED) is 0.0213. The van der Waals surface area contributed by atoms with E-state index in [0.29, 0.717) is 12.8 Å². The number of nitrogens with one attached hydrogen (secondary N) is 1. The molecule has 0 aromatic carbocycles. The van der Waals surface area contributed by atoms with Crippen molar-refractivity contribution >= 4 is 5.91 Å². The summed E-state index contributed by atoms with van der Waals surface area (Å²) >= 11 is 0. The molecule has 0 spiro atoms. The van der Waals surface area contributed by atoms with Gasteiger partial charge in [-0.05, 0) is 77.0 Å². The molecule has 1 amide bonds. The zero-order valence-electron chi connectivity index (χ0n) is 42.3. The van der Waals surface area contributed by atoms with E-state index in [2.05, 4.69) is 79.9 Å². The van der Waals surface area contributed by atoms with Crippen LogP contribution in [0.1, 0.15) is 174 Å². The van der Waals surface area contributed by atoms with Gasteiger partial charge in [-0.15, -0.1) is 0 Å². The summed E-state index contributed by atoms with van der Waals surface area (Å²) < 4.78 is 22.7. The van der Waals surface area contributed by atoms with Crippen LogP contribution in [0.3, 0.4) is 0 Å². The number of unbranched alkanes of at least 4 members (excludes halogenated alkanes) is 17. The predicted molar refractivity (Wildman–Crippen MR) is 272 cm³/mol. The van der Waals surface area contributed by atoms with Crippen LogP contribution >= 0.6 is 0 Å². The molecule has 69 heavy (non-hydrogen) atoms. The molecule has 2 aliphatic rings. The molecule has 0 aliphatic carbocycles.